The summed E-state index contributed by atoms with van der Waals surface area (Å²) in [5, 5.41) is 34.7. The third kappa shape index (κ3) is 5.19. The van der Waals surface area contributed by atoms with Crippen LogP contribution < -0.4 is 10.6 Å². The van der Waals surface area contributed by atoms with Crippen LogP contribution in [-0.4, -0.2) is 67.9 Å². The molecule has 2 aliphatic rings. The van der Waals surface area contributed by atoms with Crippen molar-refractivity contribution in [2.24, 2.45) is 0 Å². The van der Waals surface area contributed by atoms with Crippen LogP contribution in [0.2, 0.25) is 0 Å². The molecule has 0 aromatic carbocycles. The lowest BCUT2D eigenvalue weighted by molar-refractivity contribution is -0.385. The first kappa shape index (κ1) is 22.7. The minimum atomic E-state index is -1.05. The molecule has 2 aliphatic heterocycles. The van der Waals surface area contributed by atoms with E-state index in [9.17, 15) is 29.0 Å². The molecule has 0 aliphatic carbocycles. The Hall–Kier alpha value is -3.00. The number of nitrogens with zero attached hydrogens (tertiary/aromatic N) is 6. The van der Waals surface area contributed by atoms with E-state index in [1.807, 2.05) is 0 Å². The highest BCUT2D eigenvalue weighted by atomic mass is 19.1. The smallest absolute Gasteiger partial charge is 0.309 e. The van der Waals surface area contributed by atoms with Crippen molar-refractivity contribution in [3.63, 3.8) is 0 Å². The molecular weight excluding hydrogens is 418 g/mol. The normalized spacial score (nSPS) is 26.0. The fourth-order valence-electron chi connectivity index (χ4n) is 3.72. The predicted octanol–water partition coefficient (Wildman–Crippen LogP) is 1.64. The van der Waals surface area contributed by atoms with Crippen molar-refractivity contribution in [3.05, 3.63) is 44.5 Å². The van der Waals surface area contributed by atoms with Gasteiger partial charge in [0.1, 0.15) is 36.6 Å². The molecule has 2 aromatic heterocycles. The van der Waals surface area contributed by atoms with Gasteiger partial charge in [0.25, 0.3) is 0 Å². The van der Waals surface area contributed by atoms with Gasteiger partial charge in [-0.3, -0.25) is 29.6 Å². The van der Waals surface area contributed by atoms with Crippen molar-refractivity contribution in [1.29, 1.82) is 0 Å². The number of alkyl halides is 2. The van der Waals surface area contributed by atoms with Gasteiger partial charge < -0.3 is 10.6 Å². The van der Waals surface area contributed by atoms with E-state index in [1.54, 1.807) is 6.92 Å². The van der Waals surface area contributed by atoms with Gasteiger partial charge in [-0.15, -0.1) is 0 Å². The van der Waals surface area contributed by atoms with Crippen LogP contribution in [0.15, 0.2) is 18.6 Å². The van der Waals surface area contributed by atoms with Crippen molar-refractivity contribution in [2.45, 2.75) is 44.2 Å². The fraction of sp³-hybridized carbons (Fsp3) is 0.647. The summed E-state index contributed by atoms with van der Waals surface area (Å²) in [6.07, 6.45) is 2.72. The van der Waals surface area contributed by atoms with Crippen LogP contribution in [0.5, 0.6) is 0 Å². The van der Waals surface area contributed by atoms with Gasteiger partial charge in [0.15, 0.2) is 0 Å². The lowest BCUT2D eigenvalue weighted by Gasteiger charge is -2.27. The molecule has 31 heavy (non-hydrogen) atoms. The molecule has 0 radical (unpaired) electrons. The van der Waals surface area contributed by atoms with E-state index in [0.29, 0.717) is 31.6 Å². The number of nitro groups is 2. The second kappa shape index (κ2) is 9.87. The number of aromatic nitrogens is 4. The van der Waals surface area contributed by atoms with E-state index in [-0.39, 0.29) is 30.5 Å². The molecule has 4 rings (SSSR count). The maximum Gasteiger partial charge on any atom is 0.309 e. The standard InChI is InChI=1S/C9H13FN4O2.C8H11FN4O2/c1-6-9(14(15)16)5-12-13(6)8-2-3-11-4-7(8)10;9-7-4-10-2-1-8(7)12-5-6(3-11-12)13(14)15/h5,7-8,11H,2-4H2,1H3;3,5,7-8,10H,1-2,4H2. The molecular formula is C17H24F2N8O4. The number of halogens is 2. The molecule has 0 bridgehead atoms. The first-order valence-corrected chi connectivity index (χ1v) is 9.86. The molecule has 0 spiro atoms. The third-order valence-corrected chi connectivity index (χ3v) is 5.42. The summed E-state index contributed by atoms with van der Waals surface area (Å²) in [5.41, 5.74) is 0.269. The Balaban J connectivity index is 0.000000176. The highest BCUT2D eigenvalue weighted by Crippen LogP contribution is 2.27. The summed E-state index contributed by atoms with van der Waals surface area (Å²) in [6, 6.07) is -0.783. The zero-order chi connectivity index (χ0) is 22.5. The van der Waals surface area contributed by atoms with Crippen LogP contribution in [0.25, 0.3) is 0 Å². The molecule has 0 saturated carbocycles. The molecule has 4 heterocycles. The van der Waals surface area contributed by atoms with Crippen LogP contribution in [-0.2, 0) is 0 Å². The van der Waals surface area contributed by atoms with E-state index < -0.39 is 28.2 Å². The van der Waals surface area contributed by atoms with Gasteiger partial charge in [-0.2, -0.15) is 10.2 Å². The van der Waals surface area contributed by atoms with Crippen molar-refractivity contribution >= 4 is 11.4 Å². The maximum absolute atomic E-state index is 13.6. The monoisotopic (exact) mass is 442 g/mol. The quantitative estimate of drug-likeness (QED) is 0.537. The van der Waals surface area contributed by atoms with Crippen molar-refractivity contribution in [1.82, 2.24) is 30.2 Å². The van der Waals surface area contributed by atoms with Gasteiger partial charge in [0.2, 0.25) is 0 Å². The van der Waals surface area contributed by atoms with Crippen molar-refractivity contribution in [3.8, 4) is 0 Å². The molecule has 2 fully saturated rings. The Labute approximate surface area is 175 Å². The molecule has 2 aromatic rings. The van der Waals surface area contributed by atoms with Gasteiger partial charge in [-0.1, -0.05) is 0 Å². The van der Waals surface area contributed by atoms with Gasteiger partial charge in [0.05, 0.1) is 21.9 Å². The Kier molecular flexibility index (Phi) is 7.22. The van der Waals surface area contributed by atoms with E-state index in [2.05, 4.69) is 20.8 Å². The molecule has 12 nitrogen and oxygen atoms in total. The minimum absolute atomic E-state index is 0.0502. The molecule has 0 amide bonds. The average molecular weight is 442 g/mol. The Morgan fingerprint density at radius 2 is 1.61 bits per heavy atom. The van der Waals surface area contributed by atoms with Gasteiger partial charge in [-0.05, 0) is 32.9 Å². The maximum atomic E-state index is 13.6. The Morgan fingerprint density at radius 1 is 1.00 bits per heavy atom. The minimum Gasteiger partial charge on any atom is -0.314 e. The Morgan fingerprint density at radius 3 is 2.10 bits per heavy atom. The topological polar surface area (TPSA) is 146 Å². The number of hydrogen-bond donors (Lipinski definition) is 2. The lowest BCUT2D eigenvalue weighted by Crippen LogP contribution is -2.39. The van der Waals surface area contributed by atoms with Gasteiger partial charge >= 0.3 is 11.4 Å². The first-order valence-electron chi connectivity index (χ1n) is 9.86. The summed E-state index contributed by atoms with van der Waals surface area (Å²) in [4.78, 5) is 20.0. The Bertz CT molecular complexity index is 920. The predicted molar refractivity (Wildman–Crippen MR) is 105 cm³/mol. The molecule has 4 unspecified atom stereocenters. The zero-order valence-electron chi connectivity index (χ0n) is 16.9. The van der Waals surface area contributed by atoms with Gasteiger partial charge in [0, 0.05) is 13.1 Å². The van der Waals surface area contributed by atoms with E-state index in [4.69, 9.17) is 0 Å². The van der Waals surface area contributed by atoms with Crippen LogP contribution in [0.4, 0.5) is 20.2 Å². The van der Waals surface area contributed by atoms with Crippen LogP contribution in [0, 0.1) is 27.2 Å². The van der Waals surface area contributed by atoms with Crippen LogP contribution in [0.3, 0.4) is 0 Å². The van der Waals surface area contributed by atoms with Crippen LogP contribution in [0.1, 0.15) is 30.6 Å². The number of rotatable bonds is 4. The summed E-state index contributed by atoms with van der Waals surface area (Å²) in [6.45, 7) is 3.56. The number of hydrogen-bond acceptors (Lipinski definition) is 8. The third-order valence-electron chi connectivity index (χ3n) is 5.42. The fourth-order valence-corrected chi connectivity index (χ4v) is 3.72. The second-order valence-corrected chi connectivity index (χ2v) is 7.40. The van der Waals surface area contributed by atoms with E-state index in [1.165, 1.54) is 21.8 Å². The molecule has 14 heteroatoms. The second-order valence-electron chi connectivity index (χ2n) is 7.40. The van der Waals surface area contributed by atoms with Crippen LogP contribution >= 0.6 is 0 Å². The molecule has 2 saturated heterocycles. The molecule has 170 valence electrons. The zero-order valence-corrected chi connectivity index (χ0v) is 16.9. The molecule has 2 N–H and O–H groups in total. The lowest BCUT2D eigenvalue weighted by atomic mass is 10.1. The van der Waals surface area contributed by atoms with E-state index >= 15 is 0 Å². The average Bonchev–Trinajstić information content (AvgIpc) is 3.37. The van der Waals surface area contributed by atoms with E-state index in [0.717, 1.165) is 6.20 Å². The number of nitrogens with one attached hydrogen (secondary N) is 2. The number of piperidine rings is 2. The summed E-state index contributed by atoms with van der Waals surface area (Å²) < 4.78 is 29.9. The summed E-state index contributed by atoms with van der Waals surface area (Å²) >= 11 is 0. The first-order chi connectivity index (χ1) is 14.8. The SMILES string of the molecule is Cc1c([N+](=O)[O-])cnn1C1CCNCC1F.O=[N+]([O-])c1cnn(C2CCNCC2F)c1. The highest BCUT2D eigenvalue weighted by molar-refractivity contribution is 5.32. The van der Waals surface area contributed by atoms with Gasteiger partial charge in [-0.25, -0.2) is 8.78 Å². The van der Waals surface area contributed by atoms with Crippen molar-refractivity contribution < 1.29 is 18.6 Å². The summed E-state index contributed by atoms with van der Waals surface area (Å²) in [7, 11) is 0. The van der Waals surface area contributed by atoms with Crippen molar-refractivity contribution in [2.75, 3.05) is 26.2 Å². The summed E-state index contributed by atoms with van der Waals surface area (Å²) in [5.74, 6) is 0. The largest absolute Gasteiger partial charge is 0.314 e. The molecule has 4 atom stereocenters. The highest BCUT2D eigenvalue weighted by Gasteiger charge is 2.30.